The molecule has 5 rings (SSSR count). The predicted molar refractivity (Wildman–Crippen MR) is 98.0 cm³/mol. The van der Waals surface area contributed by atoms with E-state index in [0.29, 0.717) is 4.70 Å². The molecular formula is C19H11N3OS. The predicted octanol–water partition coefficient (Wildman–Crippen LogP) is 4.15. The van der Waals surface area contributed by atoms with Gasteiger partial charge in [0.15, 0.2) is 0 Å². The fourth-order valence-corrected chi connectivity index (χ4v) is 3.98. The number of aromatic nitrogens is 3. The maximum Gasteiger partial charge on any atom is 0.275 e. The SMILES string of the molecule is O=c1c2sc3nc4ccccc4cc3c2ncn1-c1ccccc1. The molecule has 3 aromatic heterocycles. The summed E-state index contributed by atoms with van der Waals surface area (Å²) in [5, 5.41) is 1.99. The van der Waals surface area contributed by atoms with Crippen molar-refractivity contribution in [3.63, 3.8) is 0 Å². The third-order valence-electron chi connectivity index (χ3n) is 4.11. The van der Waals surface area contributed by atoms with E-state index >= 15 is 0 Å². The minimum Gasteiger partial charge on any atom is -0.267 e. The monoisotopic (exact) mass is 329 g/mol. The molecular weight excluding hydrogens is 318 g/mol. The molecule has 5 heteroatoms. The molecule has 3 heterocycles. The third kappa shape index (κ3) is 1.88. The van der Waals surface area contributed by atoms with Crippen LogP contribution in [0.25, 0.3) is 37.0 Å². The Bertz CT molecular complexity index is 1270. The van der Waals surface area contributed by atoms with E-state index in [-0.39, 0.29) is 5.56 Å². The number of thiophene rings is 1. The van der Waals surface area contributed by atoms with Gasteiger partial charge in [-0.2, -0.15) is 0 Å². The normalized spacial score (nSPS) is 11.5. The molecule has 0 spiro atoms. The Balaban J connectivity index is 1.87. The molecule has 0 aliphatic rings. The van der Waals surface area contributed by atoms with E-state index in [0.717, 1.165) is 32.3 Å². The highest BCUT2D eigenvalue weighted by Crippen LogP contribution is 2.31. The molecule has 0 N–H and O–H groups in total. The summed E-state index contributed by atoms with van der Waals surface area (Å²) in [6.07, 6.45) is 1.60. The van der Waals surface area contributed by atoms with E-state index in [1.807, 2.05) is 54.6 Å². The second kappa shape index (κ2) is 4.97. The average Bonchev–Trinajstić information content (AvgIpc) is 2.99. The van der Waals surface area contributed by atoms with E-state index in [2.05, 4.69) is 16.0 Å². The second-order valence-corrected chi connectivity index (χ2v) is 6.57. The average molecular weight is 329 g/mol. The number of nitrogens with zero attached hydrogens (tertiary/aromatic N) is 3. The molecule has 0 radical (unpaired) electrons. The van der Waals surface area contributed by atoms with Gasteiger partial charge in [-0.3, -0.25) is 9.36 Å². The summed E-state index contributed by atoms with van der Waals surface area (Å²) in [5.41, 5.74) is 2.41. The number of pyridine rings is 1. The van der Waals surface area contributed by atoms with Gasteiger partial charge in [-0.05, 0) is 24.3 Å². The van der Waals surface area contributed by atoms with Crippen molar-refractivity contribution in [2.24, 2.45) is 0 Å². The molecule has 0 atom stereocenters. The van der Waals surface area contributed by atoms with Crippen LogP contribution in [0.3, 0.4) is 0 Å². The van der Waals surface area contributed by atoms with Crippen molar-refractivity contribution in [2.45, 2.75) is 0 Å². The molecule has 0 saturated heterocycles. The molecule has 0 fully saturated rings. The Morgan fingerprint density at radius 1 is 0.958 bits per heavy atom. The maximum atomic E-state index is 12.9. The molecule has 2 aromatic carbocycles. The quantitative estimate of drug-likeness (QED) is 0.464. The van der Waals surface area contributed by atoms with Crippen LogP contribution in [-0.2, 0) is 0 Å². The molecule has 0 aliphatic carbocycles. The maximum absolute atomic E-state index is 12.9. The molecule has 0 unspecified atom stereocenters. The van der Waals surface area contributed by atoms with Crippen LogP contribution < -0.4 is 5.56 Å². The van der Waals surface area contributed by atoms with Crippen molar-refractivity contribution < 1.29 is 0 Å². The Hall–Kier alpha value is -3.05. The molecule has 5 aromatic rings. The van der Waals surface area contributed by atoms with E-state index < -0.39 is 0 Å². The molecule has 0 bridgehead atoms. The minimum absolute atomic E-state index is 0.0572. The van der Waals surface area contributed by atoms with Crippen molar-refractivity contribution in [3.8, 4) is 5.69 Å². The van der Waals surface area contributed by atoms with Crippen LogP contribution in [0.2, 0.25) is 0 Å². The Labute approximate surface area is 140 Å². The van der Waals surface area contributed by atoms with E-state index in [1.54, 1.807) is 10.9 Å². The summed E-state index contributed by atoms with van der Waals surface area (Å²) in [6, 6.07) is 19.6. The summed E-state index contributed by atoms with van der Waals surface area (Å²) in [6.45, 7) is 0. The van der Waals surface area contributed by atoms with Crippen LogP contribution in [0.1, 0.15) is 0 Å². The lowest BCUT2D eigenvalue weighted by Gasteiger charge is -2.04. The van der Waals surface area contributed by atoms with Gasteiger partial charge in [0.1, 0.15) is 15.9 Å². The zero-order valence-corrected chi connectivity index (χ0v) is 13.3. The van der Waals surface area contributed by atoms with Crippen LogP contribution in [0, 0.1) is 0 Å². The number of hydrogen-bond acceptors (Lipinski definition) is 4. The smallest absolute Gasteiger partial charge is 0.267 e. The van der Waals surface area contributed by atoms with Crippen molar-refractivity contribution in [2.75, 3.05) is 0 Å². The lowest BCUT2D eigenvalue weighted by atomic mass is 10.2. The van der Waals surface area contributed by atoms with Gasteiger partial charge >= 0.3 is 0 Å². The van der Waals surface area contributed by atoms with Crippen molar-refractivity contribution in [1.29, 1.82) is 0 Å². The van der Waals surface area contributed by atoms with Crippen molar-refractivity contribution in [3.05, 3.63) is 77.3 Å². The first-order valence-electron chi connectivity index (χ1n) is 7.56. The fraction of sp³-hybridized carbons (Fsp3) is 0. The summed E-state index contributed by atoms with van der Waals surface area (Å²) in [4.78, 5) is 23.0. The lowest BCUT2D eigenvalue weighted by Crippen LogP contribution is -2.17. The Morgan fingerprint density at radius 2 is 1.75 bits per heavy atom. The molecule has 24 heavy (non-hydrogen) atoms. The summed E-state index contributed by atoms with van der Waals surface area (Å²) < 4.78 is 2.22. The number of hydrogen-bond donors (Lipinski definition) is 0. The van der Waals surface area contributed by atoms with Gasteiger partial charge in [0.05, 0.1) is 16.7 Å². The van der Waals surface area contributed by atoms with Crippen molar-refractivity contribution >= 4 is 42.7 Å². The zero-order chi connectivity index (χ0) is 16.1. The second-order valence-electron chi connectivity index (χ2n) is 5.57. The van der Waals surface area contributed by atoms with Gasteiger partial charge in [0.2, 0.25) is 0 Å². The molecule has 114 valence electrons. The van der Waals surface area contributed by atoms with Gasteiger partial charge in [0, 0.05) is 10.8 Å². The standard InChI is InChI=1S/C19H11N3OS/c23-19-17-16(20-11-22(19)13-7-2-1-3-8-13)14-10-12-6-4-5-9-15(12)21-18(14)24-17/h1-11H. The largest absolute Gasteiger partial charge is 0.275 e. The van der Waals surface area contributed by atoms with E-state index in [9.17, 15) is 4.79 Å². The van der Waals surface area contributed by atoms with Crippen LogP contribution in [0.5, 0.6) is 0 Å². The van der Waals surface area contributed by atoms with Crippen LogP contribution in [-0.4, -0.2) is 14.5 Å². The van der Waals surface area contributed by atoms with Crippen molar-refractivity contribution in [1.82, 2.24) is 14.5 Å². The molecule has 0 saturated carbocycles. The molecule has 4 nitrogen and oxygen atoms in total. The minimum atomic E-state index is -0.0572. The first-order valence-corrected chi connectivity index (χ1v) is 8.38. The van der Waals surface area contributed by atoms with Gasteiger partial charge in [-0.25, -0.2) is 9.97 Å². The first-order chi connectivity index (χ1) is 11.8. The third-order valence-corrected chi connectivity index (χ3v) is 5.18. The summed E-state index contributed by atoms with van der Waals surface area (Å²) in [5.74, 6) is 0. The van der Waals surface area contributed by atoms with E-state index in [1.165, 1.54) is 11.3 Å². The van der Waals surface area contributed by atoms with Crippen LogP contribution in [0.4, 0.5) is 0 Å². The van der Waals surface area contributed by atoms with Gasteiger partial charge in [0.25, 0.3) is 5.56 Å². The molecule has 0 amide bonds. The highest BCUT2D eigenvalue weighted by molar-refractivity contribution is 7.25. The topological polar surface area (TPSA) is 47.8 Å². The lowest BCUT2D eigenvalue weighted by molar-refractivity contribution is 0.968. The van der Waals surface area contributed by atoms with Crippen LogP contribution in [0.15, 0.2) is 71.8 Å². The zero-order valence-electron chi connectivity index (χ0n) is 12.5. The van der Waals surface area contributed by atoms with E-state index in [4.69, 9.17) is 0 Å². The number of para-hydroxylation sites is 2. The van der Waals surface area contributed by atoms with Crippen LogP contribution >= 0.6 is 11.3 Å². The van der Waals surface area contributed by atoms with Gasteiger partial charge in [-0.15, -0.1) is 11.3 Å². The summed E-state index contributed by atoms with van der Waals surface area (Å²) in [7, 11) is 0. The Kier molecular flexibility index (Phi) is 2.78. The fourth-order valence-electron chi connectivity index (χ4n) is 2.94. The Morgan fingerprint density at radius 3 is 2.62 bits per heavy atom. The summed E-state index contributed by atoms with van der Waals surface area (Å²) >= 11 is 1.41. The number of rotatable bonds is 1. The first kappa shape index (κ1) is 13.4. The van der Waals surface area contributed by atoms with Gasteiger partial charge in [-0.1, -0.05) is 36.4 Å². The number of fused-ring (bicyclic) bond motifs is 4. The molecule has 0 aliphatic heterocycles. The highest BCUT2D eigenvalue weighted by atomic mass is 32.1. The number of benzene rings is 2. The van der Waals surface area contributed by atoms with Gasteiger partial charge < -0.3 is 0 Å². The highest BCUT2D eigenvalue weighted by Gasteiger charge is 2.14.